The molecule has 2 rings (SSSR count). The lowest BCUT2D eigenvalue weighted by Crippen LogP contribution is -2.30. The summed E-state index contributed by atoms with van der Waals surface area (Å²) in [6.45, 7) is 2.42. The monoisotopic (exact) mass is 308 g/mol. The van der Waals surface area contributed by atoms with Crippen LogP contribution in [0.25, 0.3) is 0 Å². The number of nitro groups is 1. The van der Waals surface area contributed by atoms with Gasteiger partial charge in [-0.3, -0.25) is 14.9 Å². The SMILES string of the molecule is CCN(Cc1ccco1)C(=O)c1cccc(Cl)c1[N+](=O)[O-]. The molecule has 0 N–H and O–H groups in total. The van der Waals surface area contributed by atoms with Gasteiger partial charge in [-0.25, -0.2) is 0 Å². The molecule has 2 aromatic rings. The average molecular weight is 309 g/mol. The summed E-state index contributed by atoms with van der Waals surface area (Å²) >= 11 is 5.83. The highest BCUT2D eigenvalue weighted by Gasteiger charge is 2.27. The number of hydrogen-bond acceptors (Lipinski definition) is 4. The van der Waals surface area contributed by atoms with Crippen molar-refractivity contribution in [3.05, 3.63) is 63.1 Å². The van der Waals surface area contributed by atoms with Gasteiger partial charge >= 0.3 is 5.69 Å². The highest BCUT2D eigenvalue weighted by Crippen LogP contribution is 2.29. The molecule has 0 atom stereocenters. The van der Waals surface area contributed by atoms with Crippen molar-refractivity contribution in [1.82, 2.24) is 4.90 Å². The van der Waals surface area contributed by atoms with Crippen LogP contribution in [0.15, 0.2) is 41.0 Å². The summed E-state index contributed by atoms with van der Waals surface area (Å²) in [7, 11) is 0. The fourth-order valence-corrected chi connectivity index (χ4v) is 2.21. The number of para-hydroxylation sites is 1. The van der Waals surface area contributed by atoms with Crippen LogP contribution < -0.4 is 0 Å². The predicted octanol–water partition coefficient (Wildman–Crippen LogP) is 3.50. The van der Waals surface area contributed by atoms with Gasteiger partial charge in [0.05, 0.1) is 17.7 Å². The van der Waals surface area contributed by atoms with Crippen molar-refractivity contribution in [2.45, 2.75) is 13.5 Å². The largest absolute Gasteiger partial charge is 0.467 e. The highest BCUT2D eigenvalue weighted by molar-refractivity contribution is 6.33. The summed E-state index contributed by atoms with van der Waals surface area (Å²) in [6, 6.07) is 7.76. The standard InChI is InChI=1S/C14H13ClN2O4/c1-2-16(9-10-5-4-8-21-10)14(18)11-6-3-7-12(15)13(11)17(19)20/h3-8H,2,9H2,1H3. The van der Waals surface area contributed by atoms with Crippen LogP contribution in [0.4, 0.5) is 5.69 Å². The van der Waals surface area contributed by atoms with Gasteiger partial charge < -0.3 is 9.32 Å². The molecule has 0 bridgehead atoms. The zero-order valence-electron chi connectivity index (χ0n) is 11.3. The maximum Gasteiger partial charge on any atom is 0.300 e. The van der Waals surface area contributed by atoms with Crippen LogP contribution in [0.5, 0.6) is 0 Å². The molecule has 1 aromatic heterocycles. The second-order valence-electron chi connectivity index (χ2n) is 4.29. The summed E-state index contributed by atoms with van der Waals surface area (Å²) in [6.07, 6.45) is 1.51. The van der Waals surface area contributed by atoms with Gasteiger partial charge in [0.25, 0.3) is 5.91 Å². The highest BCUT2D eigenvalue weighted by atomic mass is 35.5. The smallest absolute Gasteiger partial charge is 0.300 e. The average Bonchev–Trinajstić information content (AvgIpc) is 2.96. The first-order chi connectivity index (χ1) is 10.0. The van der Waals surface area contributed by atoms with Gasteiger partial charge in [0.2, 0.25) is 0 Å². The third-order valence-corrected chi connectivity index (χ3v) is 3.30. The Morgan fingerprint density at radius 2 is 2.14 bits per heavy atom. The van der Waals surface area contributed by atoms with Crippen molar-refractivity contribution in [1.29, 1.82) is 0 Å². The van der Waals surface area contributed by atoms with E-state index in [1.165, 1.54) is 29.4 Å². The lowest BCUT2D eigenvalue weighted by atomic mass is 10.1. The first-order valence-corrected chi connectivity index (χ1v) is 6.67. The molecule has 6 nitrogen and oxygen atoms in total. The van der Waals surface area contributed by atoms with Crippen molar-refractivity contribution < 1.29 is 14.1 Å². The number of furan rings is 1. The molecule has 7 heteroatoms. The summed E-state index contributed by atoms with van der Waals surface area (Å²) in [4.78, 5) is 24.4. The van der Waals surface area contributed by atoms with E-state index in [0.717, 1.165) is 0 Å². The third kappa shape index (κ3) is 3.22. The van der Waals surface area contributed by atoms with Crippen molar-refractivity contribution in [2.24, 2.45) is 0 Å². The van der Waals surface area contributed by atoms with Gasteiger partial charge in [-0.1, -0.05) is 17.7 Å². The molecule has 0 aliphatic rings. The summed E-state index contributed by atoms with van der Waals surface area (Å²) in [5.41, 5.74) is -0.400. The fourth-order valence-electron chi connectivity index (χ4n) is 1.96. The zero-order chi connectivity index (χ0) is 15.4. The van der Waals surface area contributed by atoms with E-state index in [2.05, 4.69) is 0 Å². The van der Waals surface area contributed by atoms with Gasteiger partial charge in [0.15, 0.2) is 0 Å². The number of benzene rings is 1. The fraction of sp³-hybridized carbons (Fsp3) is 0.214. The minimum Gasteiger partial charge on any atom is -0.467 e. The summed E-state index contributed by atoms with van der Waals surface area (Å²) in [5, 5.41) is 11.1. The van der Waals surface area contributed by atoms with E-state index in [4.69, 9.17) is 16.0 Å². The molecule has 110 valence electrons. The zero-order valence-corrected chi connectivity index (χ0v) is 12.0. The van der Waals surface area contributed by atoms with E-state index in [1.807, 2.05) is 0 Å². The first-order valence-electron chi connectivity index (χ1n) is 6.29. The lowest BCUT2D eigenvalue weighted by Gasteiger charge is -2.19. The Morgan fingerprint density at radius 3 is 2.71 bits per heavy atom. The second-order valence-corrected chi connectivity index (χ2v) is 4.70. The van der Waals surface area contributed by atoms with Crippen LogP contribution in [-0.2, 0) is 6.54 Å². The van der Waals surface area contributed by atoms with Crippen LogP contribution in [0.1, 0.15) is 23.0 Å². The minimum atomic E-state index is -0.643. The molecule has 21 heavy (non-hydrogen) atoms. The summed E-state index contributed by atoms with van der Waals surface area (Å²) in [5.74, 6) is 0.151. The Labute approximate surface area is 126 Å². The van der Waals surface area contributed by atoms with Crippen LogP contribution in [0, 0.1) is 10.1 Å². The molecule has 0 spiro atoms. The lowest BCUT2D eigenvalue weighted by molar-refractivity contribution is -0.385. The molecule has 1 heterocycles. The molecule has 0 radical (unpaired) electrons. The van der Waals surface area contributed by atoms with Gasteiger partial charge in [-0.05, 0) is 31.2 Å². The van der Waals surface area contributed by atoms with Gasteiger partial charge in [-0.2, -0.15) is 0 Å². The van der Waals surface area contributed by atoms with Crippen molar-refractivity contribution in [2.75, 3.05) is 6.54 Å². The van der Waals surface area contributed by atoms with E-state index in [1.54, 1.807) is 19.1 Å². The van der Waals surface area contributed by atoms with E-state index >= 15 is 0 Å². The number of carbonyl (C=O) groups excluding carboxylic acids is 1. The number of nitro benzene ring substituents is 1. The van der Waals surface area contributed by atoms with E-state index < -0.39 is 10.8 Å². The topological polar surface area (TPSA) is 76.6 Å². The molecule has 1 aromatic carbocycles. The van der Waals surface area contributed by atoms with Gasteiger partial charge in [-0.15, -0.1) is 0 Å². The summed E-state index contributed by atoms with van der Waals surface area (Å²) < 4.78 is 5.20. The number of nitrogens with zero attached hydrogens (tertiary/aromatic N) is 2. The molecule has 0 aliphatic carbocycles. The third-order valence-electron chi connectivity index (χ3n) is 3.00. The molecule has 0 unspecified atom stereocenters. The van der Waals surface area contributed by atoms with Crippen LogP contribution >= 0.6 is 11.6 Å². The molecular weight excluding hydrogens is 296 g/mol. The molecule has 0 saturated heterocycles. The van der Waals surface area contributed by atoms with Crippen molar-refractivity contribution in [3.63, 3.8) is 0 Å². The Hall–Kier alpha value is -2.34. The molecule has 0 fully saturated rings. The van der Waals surface area contributed by atoms with Crippen LogP contribution in [0.3, 0.4) is 0 Å². The number of carbonyl (C=O) groups is 1. The Morgan fingerprint density at radius 1 is 1.38 bits per heavy atom. The molecular formula is C14H13ClN2O4. The number of halogens is 1. The number of rotatable bonds is 5. The van der Waals surface area contributed by atoms with Crippen LogP contribution in [-0.4, -0.2) is 22.3 Å². The first kappa shape index (κ1) is 15.1. The molecule has 1 amide bonds. The van der Waals surface area contributed by atoms with Gasteiger partial charge in [0, 0.05) is 6.54 Å². The van der Waals surface area contributed by atoms with Gasteiger partial charge in [0.1, 0.15) is 16.3 Å². The van der Waals surface area contributed by atoms with Crippen molar-refractivity contribution >= 4 is 23.2 Å². The Balaban J connectivity index is 2.34. The minimum absolute atomic E-state index is 0.0269. The Bertz CT molecular complexity index is 655. The molecule has 0 aliphatic heterocycles. The maximum absolute atomic E-state index is 12.5. The van der Waals surface area contributed by atoms with E-state index in [0.29, 0.717) is 12.3 Å². The van der Waals surface area contributed by atoms with E-state index in [9.17, 15) is 14.9 Å². The normalized spacial score (nSPS) is 10.4. The second kappa shape index (κ2) is 6.41. The number of amides is 1. The van der Waals surface area contributed by atoms with Crippen molar-refractivity contribution in [3.8, 4) is 0 Å². The maximum atomic E-state index is 12.5. The predicted molar refractivity (Wildman–Crippen MR) is 77.2 cm³/mol. The molecule has 0 saturated carbocycles. The van der Waals surface area contributed by atoms with E-state index in [-0.39, 0.29) is 22.8 Å². The quantitative estimate of drug-likeness (QED) is 0.625. The number of hydrogen-bond donors (Lipinski definition) is 0. The Kier molecular flexibility index (Phi) is 4.59. The van der Waals surface area contributed by atoms with Crippen LogP contribution in [0.2, 0.25) is 5.02 Å².